The Morgan fingerprint density at radius 2 is 1.73 bits per heavy atom. The molecule has 2 atom stereocenters. The predicted octanol–water partition coefficient (Wildman–Crippen LogP) is 1.09. The zero-order chi connectivity index (χ0) is 19.7. The number of rotatable bonds is 8. The van der Waals surface area contributed by atoms with Gasteiger partial charge in [-0.1, -0.05) is 30.3 Å². The third kappa shape index (κ3) is 8.48. The van der Waals surface area contributed by atoms with E-state index in [0.717, 1.165) is 5.56 Å². The lowest BCUT2D eigenvalue weighted by atomic mass is 10.2. The van der Waals surface area contributed by atoms with Crippen LogP contribution in [0.5, 0.6) is 0 Å². The van der Waals surface area contributed by atoms with Gasteiger partial charge in [0.2, 0.25) is 11.8 Å². The lowest BCUT2D eigenvalue weighted by Crippen LogP contribution is -2.54. The number of nitrogens with two attached hydrogens (primary N) is 1. The van der Waals surface area contributed by atoms with Crippen LogP contribution in [0.4, 0.5) is 4.79 Å². The number of primary amides is 1. The number of nitrogens with one attached hydrogen (secondary N) is 2. The van der Waals surface area contributed by atoms with Gasteiger partial charge in [-0.3, -0.25) is 9.59 Å². The highest BCUT2D eigenvalue weighted by molar-refractivity contribution is 5.90. The second-order valence-electron chi connectivity index (χ2n) is 6.83. The topological polar surface area (TPSA) is 120 Å². The molecule has 0 fully saturated rings. The number of hydrogen-bond donors (Lipinski definition) is 3. The first-order valence-electron chi connectivity index (χ1n) is 8.29. The van der Waals surface area contributed by atoms with E-state index in [4.69, 9.17) is 15.2 Å². The van der Waals surface area contributed by atoms with Crippen LogP contribution in [0.3, 0.4) is 0 Å². The summed E-state index contributed by atoms with van der Waals surface area (Å²) in [6.45, 7) is 6.77. The maximum atomic E-state index is 12.3. The molecular formula is C18H27N3O5. The molecule has 0 aliphatic rings. The Morgan fingerprint density at radius 1 is 1.12 bits per heavy atom. The molecule has 4 N–H and O–H groups in total. The van der Waals surface area contributed by atoms with Gasteiger partial charge in [-0.25, -0.2) is 4.79 Å². The number of hydrogen-bond acceptors (Lipinski definition) is 5. The van der Waals surface area contributed by atoms with Gasteiger partial charge in [-0.2, -0.15) is 0 Å². The van der Waals surface area contributed by atoms with Gasteiger partial charge in [0.15, 0.2) is 0 Å². The Kier molecular flexibility index (Phi) is 8.05. The van der Waals surface area contributed by atoms with Crippen molar-refractivity contribution in [3.8, 4) is 0 Å². The van der Waals surface area contributed by atoms with Crippen LogP contribution in [0.25, 0.3) is 0 Å². The summed E-state index contributed by atoms with van der Waals surface area (Å²) < 4.78 is 10.7. The summed E-state index contributed by atoms with van der Waals surface area (Å²) in [6, 6.07) is 7.48. The van der Waals surface area contributed by atoms with Crippen LogP contribution in [-0.2, 0) is 25.7 Å². The number of carbonyl (C=O) groups excluding carboxylic acids is 3. The molecule has 0 aliphatic heterocycles. The van der Waals surface area contributed by atoms with Gasteiger partial charge in [0, 0.05) is 0 Å². The van der Waals surface area contributed by atoms with Crippen LogP contribution in [-0.4, -0.2) is 42.2 Å². The van der Waals surface area contributed by atoms with E-state index >= 15 is 0 Å². The summed E-state index contributed by atoms with van der Waals surface area (Å²) in [5.74, 6) is -1.27. The fourth-order valence-corrected chi connectivity index (χ4v) is 1.89. The van der Waals surface area contributed by atoms with Gasteiger partial charge in [0.1, 0.15) is 17.7 Å². The fourth-order valence-electron chi connectivity index (χ4n) is 1.89. The van der Waals surface area contributed by atoms with Crippen LogP contribution in [0.1, 0.15) is 33.3 Å². The van der Waals surface area contributed by atoms with E-state index in [1.54, 1.807) is 20.8 Å². The first-order chi connectivity index (χ1) is 12.1. The lowest BCUT2D eigenvalue weighted by Gasteiger charge is -2.24. The monoisotopic (exact) mass is 365 g/mol. The average molecular weight is 365 g/mol. The van der Waals surface area contributed by atoms with Gasteiger partial charge in [0.05, 0.1) is 13.2 Å². The molecule has 1 rings (SSSR count). The van der Waals surface area contributed by atoms with E-state index in [9.17, 15) is 14.4 Å². The quantitative estimate of drug-likeness (QED) is 0.637. The molecule has 8 heteroatoms. The Hall–Kier alpha value is -2.61. The average Bonchev–Trinajstić information content (AvgIpc) is 2.53. The van der Waals surface area contributed by atoms with Crippen LogP contribution in [0.15, 0.2) is 30.3 Å². The highest BCUT2D eigenvalue weighted by Crippen LogP contribution is 2.07. The smallest absolute Gasteiger partial charge is 0.408 e. The predicted molar refractivity (Wildman–Crippen MR) is 96.1 cm³/mol. The van der Waals surface area contributed by atoms with Gasteiger partial charge in [-0.05, 0) is 33.3 Å². The van der Waals surface area contributed by atoms with E-state index in [1.165, 1.54) is 6.92 Å². The first kappa shape index (κ1) is 21.4. The Morgan fingerprint density at radius 3 is 2.27 bits per heavy atom. The number of amides is 3. The van der Waals surface area contributed by atoms with Crippen molar-refractivity contribution in [2.45, 2.75) is 52.0 Å². The van der Waals surface area contributed by atoms with Crippen LogP contribution in [0, 0.1) is 0 Å². The Bertz CT molecular complexity index is 613. The van der Waals surface area contributed by atoms with E-state index in [1.807, 2.05) is 30.3 Å². The van der Waals surface area contributed by atoms with Crippen LogP contribution < -0.4 is 16.4 Å². The van der Waals surface area contributed by atoms with Crippen LogP contribution in [0.2, 0.25) is 0 Å². The van der Waals surface area contributed by atoms with Crippen molar-refractivity contribution in [3.05, 3.63) is 35.9 Å². The van der Waals surface area contributed by atoms with Gasteiger partial charge in [-0.15, -0.1) is 0 Å². The second kappa shape index (κ2) is 9.76. The van der Waals surface area contributed by atoms with Gasteiger partial charge in [0.25, 0.3) is 0 Å². The minimum Gasteiger partial charge on any atom is -0.444 e. The largest absolute Gasteiger partial charge is 0.444 e. The number of benzene rings is 1. The molecule has 0 radical (unpaired) electrons. The summed E-state index contributed by atoms with van der Waals surface area (Å²) in [7, 11) is 0. The minimum atomic E-state index is -1.03. The fraction of sp³-hybridized carbons (Fsp3) is 0.500. The van der Waals surface area contributed by atoms with Crippen molar-refractivity contribution in [1.82, 2.24) is 10.6 Å². The standard InChI is InChI=1S/C18H27N3O5/c1-12(15(19)22)20-16(23)14(21-17(24)26-18(2,3)4)11-25-10-13-8-6-5-7-9-13/h5-9,12,14H,10-11H2,1-4H3,(H2,19,22)(H,20,23)(H,21,24)/t12-,14-/m1/s1. The Labute approximate surface area is 153 Å². The molecule has 3 amide bonds. The molecule has 0 aliphatic carbocycles. The maximum Gasteiger partial charge on any atom is 0.408 e. The molecular weight excluding hydrogens is 338 g/mol. The summed E-state index contributed by atoms with van der Waals surface area (Å²) in [5, 5.41) is 4.89. The van der Waals surface area contributed by atoms with Crippen molar-refractivity contribution >= 4 is 17.9 Å². The highest BCUT2D eigenvalue weighted by Gasteiger charge is 2.26. The number of ether oxygens (including phenoxy) is 2. The van der Waals surface area contributed by atoms with E-state index in [0.29, 0.717) is 0 Å². The molecule has 0 heterocycles. The molecule has 0 unspecified atom stereocenters. The van der Waals surface area contributed by atoms with Gasteiger partial charge >= 0.3 is 6.09 Å². The third-order valence-corrected chi connectivity index (χ3v) is 3.19. The molecule has 1 aromatic rings. The molecule has 26 heavy (non-hydrogen) atoms. The van der Waals surface area contributed by atoms with Crippen molar-refractivity contribution in [3.63, 3.8) is 0 Å². The summed E-state index contributed by atoms with van der Waals surface area (Å²) >= 11 is 0. The summed E-state index contributed by atoms with van der Waals surface area (Å²) in [4.78, 5) is 35.4. The van der Waals surface area contributed by atoms with Crippen molar-refractivity contribution < 1.29 is 23.9 Å². The molecule has 0 bridgehead atoms. The maximum absolute atomic E-state index is 12.3. The highest BCUT2D eigenvalue weighted by atomic mass is 16.6. The van der Waals surface area contributed by atoms with Crippen molar-refractivity contribution in [1.29, 1.82) is 0 Å². The minimum absolute atomic E-state index is 0.0918. The SMILES string of the molecule is C[C@@H](NC(=O)[C@@H](COCc1ccccc1)NC(=O)OC(C)(C)C)C(N)=O. The van der Waals surface area contributed by atoms with Crippen molar-refractivity contribution in [2.75, 3.05) is 6.61 Å². The Balaban J connectivity index is 2.68. The molecule has 8 nitrogen and oxygen atoms in total. The normalized spacial score (nSPS) is 13.4. The summed E-state index contributed by atoms with van der Waals surface area (Å²) in [5.41, 5.74) is 5.36. The van der Waals surface area contributed by atoms with E-state index in [-0.39, 0.29) is 13.2 Å². The van der Waals surface area contributed by atoms with Crippen molar-refractivity contribution in [2.24, 2.45) is 5.73 Å². The number of carbonyl (C=O) groups is 3. The zero-order valence-electron chi connectivity index (χ0n) is 15.6. The van der Waals surface area contributed by atoms with E-state index < -0.39 is 35.6 Å². The number of alkyl carbamates (subject to hydrolysis) is 1. The first-order valence-corrected chi connectivity index (χ1v) is 8.29. The van der Waals surface area contributed by atoms with Gasteiger partial charge < -0.3 is 25.8 Å². The van der Waals surface area contributed by atoms with Crippen LogP contribution >= 0.6 is 0 Å². The molecule has 0 saturated carbocycles. The molecule has 0 saturated heterocycles. The third-order valence-electron chi connectivity index (χ3n) is 3.19. The molecule has 0 aromatic heterocycles. The molecule has 0 spiro atoms. The summed E-state index contributed by atoms with van der Waals surface area (Å²) in [6.07, 6.45) is -0.757. The zero-order valence-corrected chi connectivity index (χ0v) is 15.6. The van der Waals surface area contributed by atoms with E-state index in [2.05, 4.69) is 10.6 Å². The second-order valence-corrected chi connectivity index (χ2v) is 6.83. The molecule has 1 aromatic carbocycles. The molecule has 144 valence electrons. The lowest BCUT2D eigenvalue weighted by molar-refractivity contribution is -0.129.